The normalized spacial score (nSPS) is 11.5. The van der Waals surface area contributed by atoms with E-state index in [1.807, 2.05) is 13.8 Å². The van der Waals surface area contributed by atoms with E-state index in [-0.39, 0.29) is 5.57 Å². The minimum absolute atomic E-state index is 0.206. The molecule has 0 aliphatic carbocycles. The number of hydrogen-bond acceptors (Lipinski definition) is 4. The fraction of sp³-hybridized carbons (Fsp3) is 0.727. The van der Waals surface area contributed by atoms with Crippen LogP contribution in [0.5, 0.6) is 0 Å². The van der Waals surface area contributed by atoms with Gasteiger partial charge < -0.3 is 18.4 Å². The van der Waals surface area contributed by atoms with Crippen LogP contribution in [0.15, 0.2) is 12.2 Å². The molecular weight excluding hydrogens is 240 g/mol. The summed E-state index contributed by atoms with van der Waals surface area (Å²) in [5, 5.41) is 8.69. The minimum Gasteiger partial charge on any atom is -0.478 e. The molecule has 0 aliphatic rings. The van der Waals surface area contributed by atoms with E-state index in [9.17, 15) is 4.79 Å². The highest BCUT2D eigenvalue weighted by atomic mass is 28.4. The Hall–Kier alpha value is -0.693. The second-order valence-electron chi connectivity index (χ2n) is 3.52. The van der Waals surface area contributed by atoms with Gasteiger partial charge >= 0.3 is 14.8 Å². The van der Waals surface area contributed by atoms with Gasteiger partial charge in [0.15, 0.2) is 0 Å². The number of hydrogen-bond donors (Lipinski definition) is 1. The van der Waals surface area contributed by atoms with Crippen molar-refractivity contribution in [3.8, 4) is 0 Å². The van der Waals surface area contributed by atoms with Crippen molar-refractivity contribution in [1.82, 2.24) is 0 Å². The van der Waals surface area contributed by atoms with Crippen LogP contribution >= 0.6 is 0 Å². The number of rotatable bonds is 10. The second kappa shape index (κ2) is 8.41. The first-order valence-corrected chi connectivity index (χ1v) is 7.68. The number of carboxylic acid groups (broad SMARTS) is 1. The highest BCUT2D eigenvalue weighted by Gasteiger charge is 2.38. The van der Waals surface area contributed by atoms with Crippen LogP contribution in [0.1, 0.15) is 26.7 Å². The molecule has 0 aromatic rings. The molecule has 0 saturated heterocycles. The highest BCUT2D eigenvalue weighted by Crippen LogP contribution is 2.19. The van der Waals surface area contributed by atoms with Gasteiger partial charge in [0.05, 0.1) is 0 Å². The van der Waals surface area contributed by atoms with E-state index in [1.165, 1.54) is 0 Å². The van der Waals surface area contributed by atoms with Crippen molar-refractivity contribution in [1.29, 1.82) is 0 Å². The molecule has 17 heavy (non-hydrogen) atoms. The molecule has 0 heterocycles. The molecule has 0 radical (unpaired) electrons. The van der Waals surface area contributed by atoms with E-state index >= 15 is 0 Å². The molecule has 0 fully saturated rings. The van der Waals surface area contributed by atoms with E-state index in [0.717, 1.165) is 0 Å². The van der Waals surface area contributed by atoms with Gasteiger partial charge in [-0.3, -0.25) is 0 Å². The summed E-state index contributed by atoms with van der Waals surface area (Å²) in [6.07, 6.45) is 1.07. The Morgan fingerprint density at radius 2 is 1.82 bits per heavy atom. The lowest BCUT2D eigenvalue weighted by Gasteiger charge is -2.27. The van der Waals surface area contributed by atoms with E-state index in [1.54, 1.807) is 7.11 Å². The van der Waals surface area contributed by atoms with Gasteiger partial charge in [0.2, 0.25) is 0 Å². The zero-order valence-corrected chi connectivity index (χ0v) is 11.8. The van der Waals surface area contributed by atoms with Crippen molar-refractivity contribution in [2.75, 3.05) is 20.3 Å². The van der Waals surface area contributed by atoms with Gasteiger partial charge in [0.1, 0.15) is 0 Å². The van der Waals surface area contributed by atoms with Gasteiger partial charge in [0, 0.05) is 31.9 Å². The van der Waals surface area contributed by atoms with Gasteiger partial charge in [-0.1, -0.05) is 6.58 Å². The zero-order valence-electron chi connectivity index (χ0n) is 10.8. The molecule has 0 amide bonds. The third kappa shape index (κ3) is 5.97. The summed E-state index contributed by atoms with van der Waals surface area (Å²) in [5.41, 5.74) is 0.206. The number of aliphatic carboxylic acids is 1. The smallest absolute Gasteiger partial charge is 0.478 e. The molecular formula is C11H22O5Si. The largest absolute Gasteiger partial charge is 0.500 e. The van der Waals surface area contributed by atoms with Crippen molar-refractivity contribution in [3.63, 3.8) is 0 Å². The first kappa shape index (κ1) is 16.3. The predicted octanol–water partition coefficient (Wildman–Crippen LogP) is 2.07. The zero-order chi connectivity index (χ0) is 13.3. The van der Waals surface area contributed by atoms with Gasteiger partial charge in [-0.25, -0.2) is 4.79 Å². The fourth-order valence-corrected chi connectivity index (χ4v) is 3.77. The Labute approximate surface area is 104 Å². The molecule has 0 rings (SSSR count). The quantitative estimate of drug-likeness (QED) is 0.482. The van der Waals surface area contributed by atoms with Crippen LogP contribution in [-0.4, -0.2) is 40.2 Å². The maximum absolute atomic E-state index is 10.6. The molecule has 0 aromatic carbocycles. The van der Waals surface area contributed by atoms with Crippen LogP contribution in [0.4, 0.5) is 0 Å². The van der Waals surface area contributed by atoms with E-state index in [0.29, 0.717) is 32.1 Å². The lowest BCUT2D eigenvalue weighted by atomic mass is 10.2. The summed E-state index contributed by atoms with van der Waals surface area (Å²) in [4.78, 5) is 10.6. The standard InChI is InChI=1S/C11H22O5Si/c1-5-15-17(14-4,16-6-2)9-7-8-10(3)11(12)13/h3,5-9H2,1-2,4H3,(H,12,13). The van der Waals surface area contributed by atoms with Crippen molar-refractivity contribution in [2.45, 2.75) is 32.7 Å². The van der Waals surface area contributed by atoms with E-state index in [2.05, 4.69) is 6.58 Å². The summed E-state index contributed by atoms with van der Waals surface area (Å²) in [6.45, 7) is 8.31. The SMILES string of the molecule is C=C(CCC[Si](OC)(OCC)OCC)C(=O)O. The molecule has 1 N–H and O–H groups in total. The third-order valence-electron chi connectivity index (χ3n) is 2.30. The molecule has 0 atom stereocenters. The summed E-state index contributed by atoms with van der Waals surface area (Å²) in [5.74, 6) is -0.956. The molecule has 100 valence electrons. The monoisotopic (exact) mass is 262 g/mol. The fourth-order valence-electron chi connectivity index (χ4n) is 1.47. The molecule has 0 bridgehead atoms. The van der Waals surface area contributed by atoms with Crippen molar-refractivity contribution >= 4 is 14.8 Å². The number of carboxylic acids is 1. The maximum Gasteiger partial charge on any atom is 0.500 e. The average molecular weight is 262 g/mol. The van der Waals surface area contributed by atoms with Crippen LogP contribution in [0, 0.1) is 0 Å². The molecule has 0 aromatic heterocycles. The first-order chi connectivity index (χ1) is 8.01. The van der Waals surface area contributed by atoms with E-state index in [4.69, 9.17) is 18.4 Å². The lowest BCUT2D eigenvalue weighted by Crippen LogP contribution is -2.44. The molecule has 6 heteroatoms. The molecule has 0 spiro atoms. The summed E-state index contributed by atoms with van der Waals surface area (Å²) < 4.78 is 16.5. The van der Waals surface area contributed by atoms with E-state index < -0.39 is 14.8 Å². The van der Waals surface area contributed by atoms with Crippen molar-refractivity contribution in [3.05, 3.63) is 12.2 Å². The van der Waals surface area contributed by atoms with Gasteiger partial charge in [-0.15, -0.1) is 0 Å². The first-order valence-electron chi connectivity index (χ1n) is 5.75. The van der Waals surface area contributed by atoms with Crippen LogP contribution in [0.25, 0.3) is 0 Å². The Morgan fingerprint density at radius 3 is 2.18 bits per heavy atom. The summed E-state index contributed by atoms with van der Waals surface area (Å²) in [7, 11) is -1.03. The Morgan fingerprint density at radius 1 is 1.29 bits per heavy atom. The predicted molar refractivity (Wildman–Crippen MR) is 66.8 cm³/mol. The van der Waals surface area contributed by atoms with Gasteiger partial charge in [0.25, 0.3) is 0 Å². The van der Waals surface area contributed by atoms with Crippen LogP contribution in [-0.2, 0) is 18.1 Å². The van der Waals surface area contributed by atoms with Gasteiger partial charge in [-0.2, -0.15) is 0 Å². The minimum atomic E-state index is -2.61. The average Bonchev–Trinajstić information content (AvgIpc) is 2.29. The lowest BCUT2D eigenvalue weighted by molar-refractivity contribution is -0.132. The Kier molecular flexibility index (Phi) is 8.06. The Balaban J connectivity index is 4.24. The topological polar surface area (TPSA) is 65.0 Å². The van der Waals surface area contributed by atoms with Crippen LogP contribution in [0.2, 0.25) is 6.04 Å². The maximum atomic E-state index is 10.6. The Bertz CT molecular complexity index is 248. The number of carbonyl (C=O) groups is 1. The molecule has 0 aliphatic heterocycles. The summed E-state index contributed by atoms with van der Waals surface area (Å²) in [6, 6.07) is 0.609. The molecule has 0 unspecified atom stereocenters. The molecule has 5 nitrogen and oxygen atoms in total. The molecule has 0 saturated carbocycles. The third-order valence-corrected chi connectivity index (χ3v) is 5.35. The van der Waals surface area contributed by atoms with Crippen LogP contribution < -0.4 is 0 Å². The highest BCUT2D eigenvalue weighted by molar-refractivity contribution is 6.60. The van der Waals surface area contributed by atoms with Gasteiger partial charge in [-0.05, 0) is 26.7 Å². The summed E-state index contributed by atoms with van der Waals surface area (Å²) >= 11 is 0. The van der Waals surface area contributed by atoms with Crippen LogP contribution in [0.3, 0.4) is 0 Å². The van der Waals surface area contributed by atoms with Crippen molar-refractivity contribution < 1.29 is 23.2 Å². The second-order valence-corrected chi connectivity index (χ2v) is 6.37. The van der Waals surface area contributed by atoms with Crippen molar-refractivity contribution in [2.24, 2.45) is 0 Å².